The van der Waals surface area contributed by atoms with Gasteiger partial charge >= 0.3 is 12.1 Å². The Morgan fingerprint density at radius 1 is 0.929 bits per heavy atom. The molecule has 2 heterocycles. The molecule has 3 rings (SSSR count). The molecule has 28 heavy (non-hydrogen) atoms. The monoisotopic (exact) mass is 431 g/mol. The molecule has 3 amide bonds. The SMILES string of the molecule is O=C(Nc1cccc(OC(=O)NC2CCS(=O)(=O)C2)c1)NC1CCS(=O)(=O)C1. The highest BCUT2D eigenvalue weighted by atomic mass is 32.2. The summed E-state index contributed by atoms with van der Waals surface area (Å²) in [6.07, 6.45) is -0.0636. The summed E-state index contributed by atoms with van der Waals surface area (Å²) in [5.41, 5.74) is 0.354. The summed E-state index contributed by atoms with van der Waals surface area (Å²) in [6, 6.07) is 4.62. The number of sulfone groups is 2. The molecule has 3 N–H and O–H groups in total. The second-order valence-electron chi connectivity index (χ2n) is 6.86. The summed E-state index contributed by atoms with van der Waals surface area (Å²) in [5, 5.41) is 7.65. The highest BCUT2D eigenvalue weighted by molar-refractivity contribution is 7.91. The van der Waals surface area contributed by atoms with Crippen LogP contribution in [0.3, 0.4) is 0 Å². The number of carbonyl (C=O) groups excluding carboxylic acids is 2. The van der Waals surface area contributed by atoms with Crippen LogP contribution >= 0.6 is 0 Å². The second kappa shape index (κ2) is 7.95. The Labute approximate surface area is 162 Å². The van der Waals surface area contributed by atoms with E-state index in [2.05, 4.69) is 16.0 Å². The number of urea groups is 1. The smallest absolute Gasteiger partial charge is 0.410 e. The van der Waals surface area contributed by atoms with Gasteiger partial charge in [0, 0.05) is 23.8 Å². The zero-order chi connectivity index (χ0) is 20.4. The minimum atomic E-state index is -3.11. The van der Waals surface area contributed by atoms with Gasteiger partial charge < -0.3 is 20.7 Å². The maximum atomic E-state index is 12.0. The van der Waals surface area contributed by atoms with E-state index in [4.69, 9.17) is 4.74 Å². The molecule has 2 unspecified atom stereocenters. The zero-order valence-electron chi connectivity index (χ0n) is 14.9. The Morgan fingerprint density at radius 2 is 1.54 bits per heavy atom. The van der Waals surface area contributed by atoms with Crippen LogP contribution in [0.4, 0.5) is 15.3 Å². The van der Waals surface area contributed by atoms with Crippen molar-refractivity contribution in [1.82, 2.24) is 10.6 Å². The average Bonchev–Trinajstić information content (AvgIpc) is 3.08. The number of anilines is 1. The third-order valence-electron chi connectivity index (χ3n) is 4.42. The summed E-state index contributed by atoms with van der Waals surface area (Å²) in [4.78, 5) is 23.9. The molecule has 0 aliphatic carbocycles. The summed E-state index contributed by atoms with van der Waals surface area (Å²) in [5.74, 6) is 0.0639. The molecule has 10 nitrogen and oxygen atoms in total. The van der Waals surface area contributed by atoms with Crippen molar-refractivity contribution in [3.05, 3.63) is 24.3 Å². The highest BCUT2D eigenvalue weighted by Crippen LogP contribution is 2.19. The van der Waals surface area contributed by atoms with E-state index in [9.17, 15) is 26.4 Å². The highest BCUT2D eigenvalue weighted by Gasteiger charge is 2.30. The lowest BCUT2D eigenvalue weighted by Gasteiger charge is -2.13. The van der Waals surface area contributed by atoms with Crippen LogP contribution in [0.5, 0.6) is 5.75 Å². The Balaban J connectivity index is 1.51. The Kier molecular flexibility index (Phi) is 5.79. The van der Waals surface area contributed by atoms with Crippen LogP contribution in [0.25, 0.3) is 0 Å². The summed E-state index contributed by atoms with van der Waals surface area (Å²) in [7, 11) is -6.21. The first-order valence-electron chi connectivity index (χ1n) is 8.67. The Morgan fingerprint density at radius 3 is 2.11 bits per heavy atom. The molecule has 0 spiro atoms. The predicted molar refractivity (Wildman–Crippen MR) is 102 cm³/mol. The first-order valence-corrected chi connectivity index (χ1v) is 12.3. The largest absolute Gasteiger partial charge is 0.412 e. The maximum Gasteiger partial charge on any atom is 0.412 e. The van der Waals surface area contributed by atoms with Crippen molar-refractivity contribution in [2.75, 3.05) is 28.3 Å². The molecule has 12 heteroatoms. The predicted octanol–water partition coefficient (Wildman–Crippen LogP) is 0.271. The van der Waals surface area contributed by atoms with Crippen molar-refractivity contribution >= 4 is 37.5 Å². The van der Waals surface area contributed by atoms with Crippen LogP contribution < -0.4 is 20.7 Å². The minimum absolute atomic E-state index is 0.0365. The lowest BCUT2D eigenvalue weighted by Crippen LogP contribution is -2.38. The molecular formula is C16H21N3O7S2. The van der Waals surface area contributed by atoms with E-state index >= 15 is 0 Å². The fraction of sp³-hybridized carbons (Fsp3) is 0.500. The molecular weight excluding hydrogens is 410 g/mol. The van der Waals surface area contributed by atoms with Crippen LogP contribution in [0.15, 0.2) is 24.3 Å². The van der Waals surface area contributed by atoms with Gasteiger partial charge in [-0.2, -0.15) is 0 Å². The van der Waals surface area contributed by atoms with Gasteiger partial charge in [0.1, 0.15) is 5.75 Å². The summed E-state index contributed by atoms with van der Waals surface area (Å²) < 4.78 is 50.8. The van der Waals surface area contributed by atoms with Gasteiger partial charge in [0.2, 0.25) is 0 Å². The van der Waals surface area contributed by atoms with Gasteiger partial charge in [-0.25, -0.2) is 26.4 Å². The topological polar surface area (TPSA) is 148 Å². The minimum Gasteiger partial charge on any atom is -0.410 e. The lowest BCUT2D eigenvalue weighted by molar-refractivity contribution is 0.197. The fourth-order valence-corrected chi connectivity index (χ4v) is 6.46. The van der Waals surface area contributed by atoms with E-state index < -0.39 is 43.9 Å². The second-order valence-corrected chi connectivity index (χ2v) is 11.3. The maximum absolute atomic E-state index is 12.0. The quantitative estimate of drug-likeness (QED) is 0.620. The first-order chi connectivity index (χ1) is 13.1. The Bertz CT molecular complexity index is 900. The molecule has 1 aromatic carbocycles. The molecule has 2 saturated heterocycles. The normalized spacial score (nSPS) is 25.0. The molecule has 2 fully saturated rings. The molecule has 154 valence electrons. The van der Waals surface area contributed by atoms with Gasteiger partial charge in [-0.05, 0) is 25.0 Å². The van der Waals surface area contributed by atoms with Crippen LogP contribution in [0.2, 0.25) is 0 Å². The lowest BCUT2D eigenvalue weighted by atomic mass is 10.2. The van der Waals surface area contributed by atoms with Crippen LogP contribution in [-0.4, -0.2) is 64.1 Å². The molecule has 0 saturated carbocycles. The van der Waals surface area contributed by atoms with Gasteiger partial charge in [0.25, 0.3) is 0 Å². The number of rotatable bonds is 4. The van der Waals surface area contributed by atoms with Gasteiger partial charge in [0.05, 0.1) is 23.0 Å². The van der Waals surface area contributed by atoms with Crippen LogP contribution in [-0.2, 0) is 19.7 Å². The zero-order valence-corrected chi connectivity index (χ0v) is 16.5. The van der Waals surface area contributed by atoms with E-state index in [0.29, 0.717) is 18.5 Å². The van der Waals surface area contributed by atoms with E-state index in [1.54, 1.807) is 12.1 Å². The molecule has 2 atom stereocenters. The van der Waals surface area contributed by atoms with Crippen molar-refractivity contribution in [2.24, 2.45) is 0 Å². The van der Waals surface area contributed by atoms with Crippen LogP contribution in [0.1, 0.15) is 12.8 Å². The number of benzene rings is 1. The number of ether oxygens (including phenoxy) is 1. The summed E-state index contributed by atoms with van der Waals surface area (Å²) in [6.45, 7) is 0. The van der Waals surface area contributed by atoms with Crippen molar-refractivity contribution in [3.8, 4) is 5.75 Å². The van der Waals surface area contributed by atoms with E-state index in [1.807, 2.05) is 0 Å². The number of hydrogen-bond donors (Lipinski definition) is 3. The molecule has 0 aromatic heterocycles. The standard InChI is InChI=1S/C16H21N3O7S2/c20-15(18-12-4-6-27(22,23)9-12)17-11-2-1-3-14(8-11)26-16(21)19-13-5-7-28(24,25)10-13/h1-3,8,12-13H,4-7,9-10H2,(H,19,21)(H2,17,18,20). The number of carbonyl (C=O) groups is 2. The number of nitrogens with one attached hydrogen (secondary N) is 3. The van der Waals surface area contributed by atoms with E-state index in [-0.39, 0.29) is 28.8 Å². The molecule has 2 aliphatic heterocycles. The van der Waals surface area contributed by atoms with E-state index in [0.717, 1.165) is 0 Å². The molecule has 1 aromatic rings. The van der Waals surface area contributed by atoms with Crippen molar-refractivity contribution in [1.29, 1.82) is 0 Å². The van der Waals surface area contributed by atoms with Crippen molar-refractivity contribution < 1.29 is 31.2 Å². The Hall–Kier alpha value is -2.34. The average molecular weight is 431 g/mol. The van der Waals surface area contributed by atoms with Crippen molar-refractivity contribution in [3.63, 3.8) is 0 Å². The van der Waals surface area contributed by atoms with E-state index in [1.165, 1.54) is 12.1 Å². The van der Waals surface area contributed by atoms with Crippen molar-refractivity contribution in [2.45, 2.75) is 24.9 Å². The fourth-order valence-electron chi connectivity index (χ4n) is 3.11. The number of amides is 3. The van der Waals surface area contributed by atoms with Gasteiger partial charge in [-0.1, -0.05) is 6.07 Å². The van der Waals surface area contributed by atoms with Gasteiger partial charge in [0.15, 0.2) is 19.7 Å². The van der Waals surface area contributed by atoms with Gasteiger partial charge in [-0.15, -0.1) is 0 Å². The third-order valence-corrected chi connectivity index (χ3v) is 7.96. The van der Waals surface area contributed by atoms with Crippen LogP contribution in [0, 0.1) is 0 Å². The molecule has 2 aliphatic rings. The first kappa shape index (κ1) is 20.4. The molecule has 0 radical (unpaired) electrons. The van der Waals surface area contributed by atoms with Gasteiger partial charge in [-0.3, -0.25) is 0 Å². The molecule has 0 bridgehead atoms. The third kappa shape index (κ3) is 5.83. The summed E-state index contributed by atoms with van der Waals surface area (Å²) >= 11 is 0. The number of hydrogen-bond acceptors (Lipinski definition) is 7.